The van der Waals surface area contributed by atoms with E-state index in [0.29, 0.717) is 27.7 Å². The lowest BCUT2D eigenvalue weighted by Gasteiger charge is -2.06. The fourth-order valence-corrected chi connectivity index (χ4v) is 3.40. The largest absolute Gasteiger partial charge is 0.496 e. The van der Waals surface area contributed by atoms with Crippen LogP contribution in [0, 0.1) is 12.9 Å². The van der Waals surface area contributed by atoms with Gasteiger partial charge in [-0.25, -0.2) is 4.98 Å². The van der Waals surface area contributed by atoms with Gasteiger partial charge < -0.3 is 9.30 Å². The molecule has 1 amide bonds. The zero-order chi connectivity index (χ0) is 18.7. The number of methoxy groups -OCH3 is 1. The maximum absolute atomic E-state index is 13.0. The van der Waals surface area contributed by atoms with E-state index >= 15 is 0 Å². The maximum atomic E-state index is 13.0. The van der Waals surface area contributed by atoms with Crippen LogP contribution in [0.15, 0.2) is 47.7 Å². The number of carbonyl (C=O) groups excluding carboxylic acids is 1. The number of hydrogen-bond acceptors (Lipinski definition) is 4. The van der Waals surface area contributed by atoms with Gasteiger partial charge in [-0.2, -0.15) is 9.38 Å². The Labute approximate surface area is 158 Å². The molecule has 0 unspecified atom stereocenters. The van der Waals surface area contributed by atoms with Crippen LogP contribution in [0.2, 0.25) is 5.02 Å². The first-order valence-electron chi connectivity index (χ1n) is 7.66. The molecule has 1 aromatic carbocycles. The molecule has 0 aliphatic heterocycles. The Bertz CT molecular complexity index is 1010. The first kappa shape index (κ1) is 18.3. The zero-order valence-electron chi connectivity index (χ0n) is 14.1. The van der Waals surface area contributed by atoms with Gasteiger partial charge in [-0.1, -0.05) is 17.7 Å². The van der Waals surface area contributed by atoms with Crippen LogP contribution in [0.4, 0.5) is 4.39 Å². The smallest absolute Gasteiger partial charge is 0.283 e. The Morgan fingerprint density at radius 3 is 2.88 bits per heavy atom. The zero-order valence-corrected chi connectivity index (χ0v) is 15.6. The van der Waals surface area contributed by atoms with Gasteiger partial charge in [-0.05, 0) is 36.8 Å². The van der Waals surface area contributed by atoms with E-state index in [4.69, 9.17) is 16.3 Å². The maximum Gasteiger partial charge on any atom is 0.283 e. The number of aromatic nitrogens is 2. The number of halogens is 2. The van der Waals surface area contributed by atoms with Crippen LogP contribution in [0.25, 0.3) is 0 Å². The Balaban J connectivity index is 1.97. The summed E-state index contributed by atoms with van der Waals surface area (Å²) < 4.78 is 20.0. The molecule has 3 aromatic rings. The van der Waals surface area contributed by atoms with E-state index in [2.05, 4.69) is 9.98 Å². The van der Waals surface area contributed by atoms with Crippen molar-refractivity contribution in [2.75, 3.05) is 7.11 Å². The average Bonchev–Trinajstić information content (AvgIpc) is 2.95. The lowest BCUT2D eigenvalue weighted by molar-refractivity contribution is 0.0995. The summed E-state index contributed by atoms with van der Waals surface area (Å²) in [6.45, 7) is 2.35. The van der Waals surface area contributed by atoms with E-state index in [1.807, 2.05) is 17.7 Å². The van der Waals surface area contributed by atoms with Gasteiger partial charge in [0, 0.05) is 22.3 Å². The second-order valence-electron chi connectivity index (χ2n) is 5.50. The lowest BCUT2D eigenvalue weighted by Crippen LogP contribution is -2.17. The number of ether oxygens (including phenoxy) is 1. The molecule has 0 aliphatic rings. The highest BCUT2D eigenvalue weighted by Crippen LogP contribution is 2.23. The van der Waals surface area contributed by atoms with Crippen LogP contribution in [0.3, 0.4) is 0 Å². The minimum Gasteiger partial charge on any atom is -0.496 e. The number of benzene rings is 1. The number of rotatable bonds is 4. The topological polar surface area (TPSA) is 56.5 Å². The summed E-state index contributed by atoms with van der Waals surface area (Å²) in [6, 6.07) is 7.75. The molecule has 0 saturated heterocycles. The third kappa shape index (κ3) is 4.17. The van der Waals surface area contributed by atoms with Crippen molar-refractivity contribution in [2.45, 2.75) is 13.5 Å². The number of amides is 1. The molecule has 0 saturated carbocycles. The SMILES string of the molecule is COc1ccc(Cl)cc1C(=O)N=c1sc(C)cn1Cc1ccc(F)nc1. The molecule has 2 aromatic heterocycles. The van der Waals surface area contributed by atoms with Crippen LogP contribution >= 0.6 is 22.9 Å². The molecule has 0 radical (unpaired) electrons. The predicted octanol–water partition coefficient (Wildman–Crippen LogP) is 3.84. The Kier molecular flexibility index (Phi) is 5.49. The van der Waals surface area contributed by atoms with Crippen molar-refractivity contribution in [2.24, 2.45) is 4.99 Å². The van der Waals surface area contributed by atoms with Gasteiger partial charge in [0.1, 0.15) is 5.75 Å². The molecule has 134 valence electrons. The number of nitrogens with zero attached hydrogens (tertiary/aromatic N) is 3. The molecule has 0 aliphatic carbocycles. The molecule has 5 nitrogen and oxygen atoms in total. The summed E-state index contributed by atoms with van der Waals surface area (Å²) in [6.07, 6.45) is 3.34. The highest BCUT2D eigenvalue weighted by atomic mass is 35.5. The number of aryl methyl sites for hydroxylation is 1. The van der Waals surface area contributed by atoms with E-state index in [0.717, 1.165) is 10.4 Å². The number of pyridine rings is 1. The number of carbonyl (C=O) groups is 1. The van der Waals surface area contributed by atoms with Crippen molar-refractivity contribution in [3.8, 4) is 5.75 Å². The lowest BCUT2D eigenvalue weighted by atomic mass is 10.2. The molecule has 0 spiro atoms. The molecule has 3 rings (SSSR count). The fraction of sp³-hybridized carbons (Fsp3) is 0.167. The monoisotopic (exact) mass is 391 g/mol. The van der Waals surface area contributed by atoms with Crippen LogP contribution < -0.4 is 9.54 Å². The van der Waals surface area contributed by atoms with Crippen molar-refractivity contribution in [1.82, 2.24) is 9.55 Å². The second-order valence-corrected chi connectivity index (χ2v) is 7.15. The average molecular weight is 392 g/mol. The predicted molar refractivity (Wildman–Crippen MR) is 98.2 cm³/mol. The standard InChI is InChI=1S/C18H15ClFN3O2S/c1-11-9-23(10-12-3-6-16(20)21-8-12)18(26-11)22-17(24)14-7-13(19)4-5-15(14)25-2/h3-9H,10H2,1-2H3. The van der Waals surface area contributed by atoms with Gasteiger partial charge in [0.15, 0.2) is 4.80 Å². The van der Waals surface area contributed by atoms with Gasteiger partial charge in [-0.15, -0.1) is 11.3 Å². The third-order valence-corrected chi connectivity index (χ3v) is 4.74. The second kappa shape index (κ2) is 7.80. The summed E-state index contributed by atoms with van der Waals surface area (Å²) in [7, 11) is 1.48. The normalized spacial score (nSPS) is 11.6. The summed E-state index contributed by atoms with van der Waals surface area (Å²) in [4.78, 5) is 22.0. The van der Waals surface area contributed by atoms with Crippen molar-refractivity contribution >= 4 is 28.8 Å². The molecule has 0 bridgehead atoms. The summed E-state index contributed by atoms with van der Waals surface area (Å²) in [5.41, 5.74) is 1.10. The highest BCUT2D eigenvalue weighted by Gasteiger charge is 2.13. The van der Waals surface area contributed by atoms with Gasteiger partial charge in [0.2, 0.25) is 5.95 Å². The van der Waals surface area contributed by atoms with E-state index < -0.39 is 11.9 Å². The fourth-order valence-electron chi connectivity index (χ4n) is 2.40. The van der Waals surface area contributed by atoms with Crippen molar-refractivity contribution in [1.29, 1.82) is 0 Å². The molecule has 0 atom stereocenters. The van der Waals surface area contributed by atoms with Crippen molar-refractivity contribution in [3.63, 3.8) is 0 Å². The van der Waals surface area contributed by atoms with E-state index in [1.165, 1.54) is 36.8 Å². The van der Waals surface area contributed by atoms with Gasteiger partial charge in [0.25, 0.3) is 5.91 Å². The molecule has 2 heterocycles. The summed E-state index contributed by atoms with van der Waals surface area (Å²) in [5.74, 6) is -0.573. The Morgan fingerprint density at radius 1 is 1.38 bits per heavy atom. The van der Waals surface area contributed by atoms with Crippen LogP contribution in [-0.4, -0.2) is 22.6 Å². The quantitative estimate of drug-likeness (QED) is 0.635. The highest BCUT2D eigenvalue weighted by molar-refractivity contribution is 7.09. The first-order chi connectivity index (χ1) is 12.5. The number of thiazole rings is 1. The minimum absolute atomic E-state index is 0.293. The van der Waals surface area contributed by atoms with E-state index in [-0.39, 0.29) is 0 Å². The van der Waals surface area contributed by atoms with Gasteiger partial charge in [-0.3, -0.25) is 4.79 Å². The minimum atomic E-state index is -0.534. The summed E-state index contributed by atoms with van der Waals surface area (Å²) in [5, 5.41) is 0.428. The Hall–Kier alpha value is -2.51. The van der Waals surface area contributed by atoms with Crippen molar-refractivity contribution in [3.05, 3.63) is 74.5 Å². The van der Waals surface area contributed by atoms with E-state index in [1.54, 1.807) is 18.2 Å². The van der Waals surface area contributed by atoms with Crippen molar-refractivity contribution < 1.29 is 13.9 Å². The molecular formula is C18H15ClFN3O2S. The molecular weight excluding hydrogens is 377 g/mol. The van der Waals surface area contributed by atoms with Crippen LogP contribution in [0.1, 0.15) is 20.8 Å². The first-order valence-corrected chi connectivity index (χ1v) is 8.85. The summed E-state index contributed by atoms with van der Waals surface area (Å²) >= 11 is 7.37. The van der Waals surface area contributed by atoms with Gasteiger partial charge >= 0.3 is 0 Å². The van der Waals surface area contributed by atoms with Crippen LogP contribution in [-0.2, 0) is 6.54 Å². The molecule has 0 N–H and O–H groups in total. The van der Waals surface area contributed by atoms with Gasteiger partial charge in [0.05, 0.1) is 19.2 Å². The third-order valence-electron chi connectivity index (χ3n) is 3.57. The van der Waals surface area contributed by atoms with E-state index in [9.17, 15) is 9.18 Å². The van der Waals surface area contributed by atoms with Crippen LogP contribution in [0.5, 0.6) is 5.75 Å². The molecule has 26 heavy (non-hydrogen) atoms. The number of hydrogen-bond donors (Lipinski definition) is 0. The molecule has 8 heteroatoms. The molecule has 0 fully saturated rings. The Morgan fingerprint density at radius 2 is 2.19 bits per heavy atom.